The molecule has 3 amide bonds. The highest BCUT2D eigenvalue weighted by molar-refractivity contribution is 6.40. The summed E-state index contributed by atoms with van der Waals surface area (Å²) in [6, 6.07) is 11.4. The van der Waals surface area contributed by atoms with Gasteiger partial charge in [0.25, 0.3) is 5.91 Å². The highest BCUT2D eigenvalue weighted by Crippen LogP contribution is 2.22. The lowest BCUT2D eigenvalue weighted by Crippen LogP contribution is -2.41. The van der Waals surface area contributed by atoms with E-state index in [2.05, 4.69) is 15.8 Å². The number of morpholine rings is 1. The second kappa shape index (κ2) is 10.2. The van der Waals surface area contributed by atoms with E-state index in [1.165, 1.54) is 6.21 Å². The summed E-state index contributed by atoms with van der Waals surface area (Å²) >= 11 is 12.0. The van der Waals surface area contributed by atoms with Crippen molar-refractivity contribution in [2.45, 2.75) is 0 Å². The molecule has 156 valence electrons. The Balaban J connectivity index is 1.65. The standard InChI is InChI=1S/C20H18Cl2N4O4/c21-15-5-3-6-16(22)14(15)12-23-25-19(28)18(27)24-17-7-2-1-4-13(17)20(29)26-8-10-30-11-9-26/h1-7,12H,8-11H2,(H,24,27)(H,25,28)/b23-12-. The summed E-state index contributed by atoms with van der Waals surface area (Å²) in [6.45, 7) is 1.83. The van der Waals surface area contributed by atoms with Crippen LogP contribution < -0.4 is 10.7 Å². The van der Waals surface area contributed by atoms with Crippen LogP contribution in [-0.4, -0.2) is 55.1 Å². The first-order valence-electron chi connectivity index (χ1n) is 9.02. The molecule has 3 rings (SSSR count). The van der Waals surface area contributed by atoms with Crippen LogP contribution >= 0.6 is 23.2 Å². The zero-order valence-electron chi connectivity index (χ0n) is 15.7. The number of halogens is 2. The van der Waals surface area contributed by atoms with Gasteiger partial charge in [0.05, 0.1) is 40.7 Å². The molecule has 1 aliphatic heterocycles. The lowest BCUT2D eigenvalue weighted by atomic mass is 10.1. The Labute approximate surface area is 182 Å². The van der Waals surface area contributed by atoms with Crippen LogP contribution in [0.5, 0.6) is 0 Å². The van der Waals surface area contributed by atoms with Gasteiger partial charge < -0.3 is 15.0 Å². The van der Waals surface area contributed by atoms with E-state index in [0.29, 0.717) is 41.9 Å². The van der Waals surface area contributed by atoms with Crippen molar-refractivity contribution in [3.8, 4) is 0 Å². The minimum Gasteiger partial charge on any atom is -0.378 e. The summed E-state index contributed by atoms with van der Waals surface area (Å²) in [6.07, 6.45) is 1.24. The molecule has 0 spiro atoms. The van der Waals surface area contributed by atoms with Crippen LogP contribution in [0.3, 0.4) is 0 Å². The Morgan fingerprint density at radius 1 is 0.967 bits per heavy atom. The largest absolute Gasteiger partial charge is 0.378 e. The van der Waals surface area contributed by atoms with Gasteiger partial charge in [-0.2, -0.15) is 5.10 Å². The van der Waals surface area contributed by atoms with E-state index in [4.69, 9.17) is 27.9 Å². The molecule has 0 aromatic heterocycles. The summed E-state index contributed by atoms with van der Waals surface area (Å²) in [7, 11) is 0. The topological polar surface area (TPSA) is 100 Å². The first kappa shape index (κ1) is 21.8. The molecule has 1 aliphatic rings. The Morgan fingerprint density at radius 2 is 1.63 bits per heavy atom. The number of nitrogens with zero attached hydrogens (tertiary/aromatic N) is 2. The van der Waals surface area contributed by atoms with Crippen molar-refractivity contribution in [3.05, 3.63) is 63.6 Å². The van der Waals surface area contributed by atoms with E-state index < -0.39 is 11.8 Å². The fourth-order valence-corrected chi connectivity index (χ4v) is 3.23. The van der Waals surface area contributed by atoms with Crippen molar-refractivity contribution in [2.24, 2.45) is 5.10 Å². The van der Waals surface area contributed by atoms with Gasteiger partial charge in [-0.1, -0.05) is 41.4 Å². The zero-order chi connectivity index (χ0) is 21.5. The third-order valence-corrected chi connectivity index (χ3v) is 4.93. The number of anilines is 1. The van der Waals surface area contributed by atoms with Crippen molar-refractivity contribution < 1.29 is 19.1 Å². The average Bonchev–Trinajstić information content (AvgIpc) is 2.76. The Kier molecular flexibility index (Phi) is 7.40. The van der Waals surface area contributed by atoms with Crippen LogP contribution in [0, 0.1) is 0 Å². The van der Waals surface area contributed by atoms with Gasteiger partial charge >= 0.3 is 11.8 Å². The van der Waals surface area contributed by atoms with Gasteiger partial charge in [0.15, 0.2) is 0 Å². The molecular formula is C20H18Cl2N4O4. The SMILES string of the molecule is O=C(N/N=C\c1c(Cl)cccc1Cl)C(=O)Nc1ccccc1C(=O)N1CCOCC1. The molecule has 2 aromatic rings. The number of hydrazone groups is 1. The van der Waals surface area contributed by atoms with Crippen molar-refractivity contribution in [3.63, 3.8) is 0 Å². The normalized spacial score (nSPS) is 13.9. The first-order valence-corrected chi connectivity index (χ1v) is 9.77. The maximum atomic E-state index is 12.7. The summed E-state index contributed by atoms with van der Waals surface area (Å²) < 4.78 is 5.25. The Bertz CT molecular complexity index is 970. The number of ether oxygens (including phenoxy) is 1. The van der Waals surface area contributed by atoms with Gasteiger partial charge in [-0.05, 0) is 24.3 Å². The molecule has 1 heterocycles. The molecule has 2 aromatic carbocycles. The third-order valence-electron chi connectivity index (χ3n) is 4.27. The van der Waals surface area contributed by atoms with E-state index >= 15 is 0 Å². The van der Waals surface area contributed by atoms with E-state index in [-0.39, 0.29) is 17.2 Å². The van der Waals surface area contributed by atoms with Crippen molar-refractivity contribution in [2.75, 3.05) is 31.6 Å². The summed E-state index contributed by atoms with van der Waals surface area (Å²) in [5, 5.41) is 6.85. The molecule has 30 heavy (non-hydrogen) atoms. The van der Waals surface area contributed by atoms with E-state index in [9.17, 15) is 14.4 Å². The van der Waals surface area contributed by atoms with Crippen LogP contribution in [0.2, 0.25) is 10.0 Å². The fourth-order valence-electron chi connectivity index (χ4n) is 2.73. The molecule has 0 atom stereocenters. The number of hydrogen-bond acceptors (Lipinski definition) is 5. The van der Waals surface area contributed by atoms with Crippen LogP contribution in [0.25, 0.3) is 0 Å². The first-order chi connectivity index (χ1) is 14.5. The Hall–Kier alpha value is -2.94. The lowest BCUT2D eigenvalue weighted by molar-refractivity contribution is -0.136. The van der Waals surface area contributed by atoms with Crippen LogP contribution in [0.4, 0.5) is 5.69 Å². The van der Waals surface area contributed by atoms with Crippen LogP contribution in [0.1, 0.15) is 15.9 Å². The highest BCUT2D eigenvalue weighted by atomic mass is 35.5. The predicted octanol–water partition coefficient (Wildman–Crippen LogP) is 2.55. The van der Waals surface area contributed by atoms with Gasteiger partial charge in [0, 0.05) is 18.7 Å². The molecule has 0 bridgehead atoms. The molecular weight excluding hydrogens is 431 g/mol. The third kappa shape index (κ3) is 5.35. The summed E-state index contributed by atoms with van der Waals surface area (Å²) in [5.41, 5.74) is 3.03. The Morgan fingerprint density at radius 3 is 2.33 bits per heavy atom. The van der Waals surface area contributed by atoms with Crippen molar-refractivity contribution in [1.29, 1.82) is 0 Å². The van der Waals surface area contributed by atoms with Crippen LogP contribution in [0.15, 0.2) is 47.6 Å². The smallest absolute Gasteiger partial charge is 0.329 e. The molecule has 0 radical (unpaired) electrons. The number of rotatable bonds is 4. The van der Waals surface area contributed by atoms with E-state index in [1.54, 1.807) is 47.4 Å². The van der Waals surface area contributed by atoms with Gasteiger partial charge in [0.2, 0.25) is 0 Å². The molecule has 10 heteroatoms. The molecule has 0 unspecified atom stereocenters. The number of benzene rings is 2. The molecule has 8 nitrogen and oxygen atoms in total. The molecule has 2 N–H and O–H groups in total. The molecule has 1 saturated heterocycles. The lowest BCUT2D eigenvalue weighted by Gasteiger charge is -2.27. The maximum absolute atomic E-state index is 12.7. The highest BCUT2D eigenvalue weighted by Gasteiger charge is 2.22. The second-order valence-electron chi connectivity index (χ2n) is 6.24. The van der Waals surface area contributed by atoms with Gasteiger partial charge in [0.1, 0.15) is 0 Å². The number of carbonyl (C=O) groups excluding carboxylic acids is 3. The number of amides is 3. The zero-order valence-corrected chi connectivity index (χ0v) is 17.2. The van der Waals surface area contributed by atoms with Gasteiger partial charge in [-0.25, -0.2) is 5.43 Å². The summed E-state index contributed by atoms with van der Waals surface area (Å²) in [4.78, 5) is 38.7. The average molecular weight is 449 g/mol. The predicted molar refractivity (Wildman–Crippen MR) is 114 cm³/mol. The van der Waals surface area contributed by atoms with Gasteiger partial charge in [-0.15, -0.1) is 0 Å². The maximum Gasteiger partial charge on any atom is 0.329 e. The van der Waals surface area contributed by atoms with Gasteiger partial charge in [-0.3, -0.25) is 14.4 Å². The van der Waals surface area contributed by atoms with E-state index in [0.717, 1.165) is 0 Å². The van der Waals surface area contributed by atoms with Crippen molar-refractivity contribution in [1.82, 2.24) is 10.3 Å². The molecule has 0 saturated carbocycles. The molecule has 1 fully saturated rings. The minimum atomic E-state index is -1.01. The minimum absolute atomic E-state index is 0.229. The monoisotopic (exact) mass is 448 g/mol. The number of hydrogen-bond donors (Lipinski definition) is 2. The number of para-hydroxylation sites is 1. The van der Waals surface area contributed by atoms with Crippen LogP contribution in [-0.2, 0) is 14.3 Å². The van der Waals surface area contributed by atoms with Crippen molar-refractivity contribution >= 4 is 52.8 Å². The number of nitrogens with one attached hydrogen (secondary N) is 2. The summed E-state index contributed by atoms with van der Waals surface area (Å²) in [5.74, 6) is -2.23. The number of carbonyl (C=O) groups is 3. The second-order valence-corrected chi connectivity index (χ2v) is 7.05. The van der Waals surface area contributed by atoms with E-state index in [1.807, 2.05) is 0 Å². The molecule has 0 aliphatic carbocycles. The fraction of sp³-hybridized carbons (Fsp3) is 0.200. The quantitative estimate of drug-likeness (QED) is 0.426.